The first kappa shape index (κ1) is 13.6. The van der Waals surface area contributed by atoms with Crippen LogP contribution in [0.1, 0.15) is 18.6 Å². The molecule has 106 valence electrons. The highest BCUT2D eigenvalue weighted by Gasteiger charge is 2.17. The Hall–Kier alpha value is -2.39. The lowest BCUT2D eigenvalue weighted by molar-refractivity contribution is 0.0468. The smallest absolute Gasteiger partial charge is 0.126 e. The van der Waals surface area contributed by atoms with Gasteiger partial charge in [-0.25, -0.2) is 0 Å². The number of aromatic nitrogens is 1. The van der Waals surface area contributed by atoms with Crippen molar-refractivity contribution in [3.8, 4) is 5.75 Å². The first-order valence-corrected chi connectivity index (χ1v) is 6.98. The molecule has 0 amide bonds. The molecule has 1 heterocycles. The number of pyridine rings is 1. The minimum absolute atomic E-state index is 0.339. The van der Waals surface area contributed by atoms with Gasteiger partial charge in [0.15, 0.2) is 0 Å². The van der Waals surface area contributed by atoms with Crippen LogP contribution in [0.15, 0.2) is 66.9 Å². The minimum Gasteiger partial charge on any atom is -0.488 e. The Balaban J connectivity index is 1.78. The van der Waals surface area contributed by atoms with Crippen LogP contribution in [0.5, 0.6) is 5.75 Å². The van der Waals surface area contributed by atoms with E-state index in [-0.39, 0.29) is 6.10 Å². The average molecular weight is 279 g/mol. The molecular formula is C18H17NO2. The van der Waals surface area contributed by atoms with Gasteiger partial charge >= 0.3 is 0 Å². The summed E-state index contributed by atoms with van der Waals surface area (Å²) in [6.07, 6.45) is 0.758. The number of aliphatic hydroxyl groups excluding tert-OH is 1. The molecule has 2 atom stereocenters. The van der Waals surface area contributed by atoms with E-state index in [0.717, 1.165) is 16.5 Å². The van der Waals surface area contributed by atoms with E-state index in [2.05, 4.69) is 4.98 Å². The normalized spacial score (nSPS) is 13.8. The summed E-state index contributed by atoms with van der Waals surface area (Å²) in [4.78, 5) is 4.31. The van der Waals surface area contributed by atoms with E-state index in [1.165, 1.54) is 0 Å². The van der Waals surface area contributed by atoms with Crippen molar-refractivity contribution in [2.45, 2.75) is 19.1 Å². The van der Waals surface area contributed by atoms with Gasteiger partial charge in [0.05, 0.1) is 5.52 Å². The van der Waals surface area contributed by atoms with E-state index >= 15 is 0 Å². The van der Waals surface area contributed by atoms with Gasteiger partial charge in [-0.15, -0.1) is 0 Å². The fourth-order valence-corrected chi connectivity index (χ4v) is 2.32. The fraction of sp³-hybridized carbons (Fsp3) is 0.167. The summed E-state index contributed by atoms with van der Waals surface area (Å²) in [5, 5.41) is 11.4. The largest absolute Gasteiger partial charge is 0.488 e. The van der Waals surface area contributed by atoms with Crippen molar-refractivity contribution in [3.63, 3.8) is 0 Å². The monoisotopic (exact) mass is 279 g/mol. The zero-order chi connectivity index (χ0) is 14.7. The molecule has 2 aromatic carbocycles. The van der Waals surface area contributed by atoms with Crippen LogP contribution in [-0.2, 0) is 0 Å². The molecule has 0 saturated carbocycles. The first-order valence-electron chi connectivity index (χ1n) is 6.98. The molecule has 1 aromatic heterocycles. The molecule has 1 N–H and O–H groups in total. The van der Waals surface area contributed by atoms with Crippen LogP contribution in [0.4, 0.5) is 0 Å². The SMILES string of the molecule is CC(Oc1ccc2cccnc2c1)C(O)c1ccccc1. The third kappa shape index (κ3) is 3.03. The molecule has 0 bridgehead atoms. The standard InChI is InChI=1S/C18H17NO2/c1-13(18(20)15-6-3-2-4-7-15)21-16-10-9-14-8-5-11-19-17(14)12-16/h2-13,18,20H,1H3. The summed E-state index contributed by atoms with van der Waals surface area (Å²) in [5.74, 6) is 0.712. The molecule has 3 heteroatoms. The van der Waals surface area contributed by atoms with E-state index in [4.69, 9.17) is 4.74 Å². The maximum absolute atomic E-state index is 10.3. The summed E-state index contributed by atoms with van der Waals surface area (Å²) in [6, 6.07) is 19.2. The molecule has 0 spiro atoms. The van der Waals surface area contributed by atoms with Gasteiger partial charge in [-0.1, -0.05) is 36.4 Å². The molecule has 2 unspecified atom stereocenters. The topological polar surface area (TPSA) is 42.4 Å². The molecule has 0 aliphatic carbocycles. The molecule has 3 aromatic rings. The lowest BCUT2D eigenvalue weighted by Crippen LogP contribution is -2.21. The van der Waals surface area contributed by atoms with E-state index in [1.54, 1.807) is 6.20 Å². The van der Waals surface area contributed by atoms with Crippen molar-refractivity contribution < 1.29 is 9.84 Å². The Morgan fingerprint density at radius 3 is 2.62 bits per heavy atom. The highest BCUT2D eigenvalue weighted by Crippen LogP contribution is 2.24. The van der Waals surface area contributed by atoms with Gasteiger partial charge < -0.3 is 9.84 Å². The Morgan fingerprint density at radius 2 is 1.81 bits per heavy atom. The van der Waals surface area contributed by atoms with Crippen LogP contribution in [0, 0.1) is 0 Å². The Kier molecular flexibility index (Phi) is 3.84. The molecule has 0 fully saturated rings. The number of ether oxygens (including phenoxy) is 1. The highest BCUT2D eigenvalue weighted by atomic mass is 16.5. The summed E-state index contributed by atoms with van der Waals surface area (Å²) >= 11 is 0. The number of nitrogens with zero attached hydrogens (tertiary/aromatic N) is 1. The zero-order valence-corrected chi connectivity index (χ0v) is 11.8. The number of benzene rings is 2. The summed E-state index contributed by atoms with van der Waals surface area (Å²) < 4.78 is 5.85. The van der Waals surface area contributed by atoms with Gasteiger partial charge in [0.2, 0.25) is 0 Å². The number of aliphatic hydroxyl groups is 1. The van der Waals surface area contributed by atoms with Crippen LogP contribution < -0.4 is 4.74 Å². The second-order valence-corrected chi connectivity index (χ2v) is 5.04. The van der Waals surface area contributed by atoms with Crippen molar-refractivity contribution in [1.82, 2.24) is 4.98 Å². The van der Waals surface area contributed by atoms with E-state index in [9.17, 15) is 5.11 Å². The first-order chi connectivity index (χ1) is 10.2. The fourth-order valence-electron chi connectivity index (χ4n) is 2.32. The molecule has 0 aliphatic rings. The molecule has 21 heavy (non-hydrogen) atoms. The molecule has 0 aliphatic heterocycles. The number of hydrogen-bond donors (Lipinski definition) is 1. The number of rotatable bonds is 4. The second kappa shape index (κ2) is 5.94. The Labute approximate surface area is 123 Å². The van der Waals surface area contributed by atoms with Crippen molar-refractivity contribution in [2.75, 3.05) is 0 Å². The van der Waals surface area contributed by atoms with Gasteiger partial charge in [-0.2, -0.15) is 0 Å². The summed E-state index contributed by atoms with van der Waals surface area (Å²) in [5.41, 5.74) is 1.74. The molecular weight excluding hydrogens is 262 g/mol. The maximum atomic E-state index is 10.3. The molecule has 3 nitrogen and oxygen atoms in total. The van der Waals surface area contributed by atoms with E-state index in [1.807, 2.05) is 67.6 Å². The summed E-state index contributed by atoms with van der Waals surface area (Å²) in [6.45, 7) is 1.86. The van der Waals surface area contributed by atoms with E-state index < -0.39 is 6.10 Å². The van der Waals surface area contributed by atoms with Crippen LogP contribution >= 0.6 is 0 Å². The molecule has 3 rings (SSSR count). The number of hydrogen-bond acceptors (Lipinski definition) is 3. The minimum atomic E-state index is -0.661. The lowest BCUT2D eigenvalue weighted by atomic mass is 10.1. The Bertz CT molecular complexity index is 727. The summed E-state index contributed by atoms with van der Waals surface area (Å²) in [7, 11) is 0. The molecule has 0 radical (unpaired) electrons. The van der Waals surface area contributed by atoms with Crippen molar-refractivity contribution in [2.24, 2.45) is 0 Å². The van der Waals surface area contributed by atoms with Crippen LogP contribution in [0.25, 0.3) is 10.9 Å². The predicted molar refractivity (Wildman–Crippen MR) is 83.2 cm³/mol. The van der Waals surface area contributed by atoms with Crippen LogP contribution in [0.3, 0.4) is 0 Å². The van der Waals surface area contributed by atoms with Crippen LogP contribution in [0.2, 0.25) is 0 Å². The third-order valence-electron chi connectivity index (χ3n) is 3.49. The van der Waals surface area contributed by atoms with E-state index in [0.29, 0.717) is 5.75 Å². The Morgan fingerprint density at radius 1 is 1.00 bits per heavy atom. The van der Waals surface area contributed by atoms with Crippen molar-refractivity contribution in [1.29, 1.82) is 0 Å². The second-order valence-electron chi connectivity index (χ2n) is 5.04. The van der Waals surface area contributed by atoms with Gasteiger partial charge in [-0.3, -0.25) is 4.98 Å². The van der Waals surface area contributed by atoms with Gasteiger partial charge in [-0.05, 0) is 30.7 Å². The number of fused-ring (bicyclic) bond motifs is 1. The van der Waals surface area contributed by atoms with Gasteiger partial charge in [0.25, 0.3) is 0 Å². The van der Waals surface area contributed by atoms with Crippen LogP contribution in [-0.4, -0.2) is 16.2 Å². The van der Waals surface area contributed by atoms with Crippen molar-refractivity contribution >= 4 is 10.9 Å². The average Bonchev–Trinajstić information content (AvgIpc) is 2.55. The zero-order valence-electron chi connectivity index (χ0n) is 11.8. The van der Waals surface area contributed by atoms with Crippen molar-refractivity contribution in [3.05, 3.63) is 72.4 Å². The quantitative estimate of drug-likeness (QED) is 0.791. The third-order valence-corrected chi connectivity index (χ3v) is 3.49. The lowest BCUT2D eigenvalue weighted by Gasteiger charge is -2.21. The van der Waals surface area contributed by atoms with Gasteiger partial charge in [0.1, 0.15) is 18.0 Å². The highest BCUT2D eigenvalue weighted by molar-refractivity contribution is 5.79. The van der Waals surface area contributed by atoms with Gasteiger partial charge in [0, 0.05) is 17.6 Å². The predicted octanol–water partition coefficient (Wildman–Crippen LogP) is 3.74. The maximum Gasteiger partial charge on any atom is 0.126 e. The molecule has 0 saturated heterocycles.